The minimum atomic E-state index is -0.283. The van der Waals surface area contributed by atoms with Crippen molar-refractivity contribution in [3.05, 3.63) is 0 Å². The molecule has 0 bridgehead atoms. The summed E-state index contributed by atoms with van der Waals surface area (Å²) in [6.07, 6.45) is 2.39. The van der Waals surface area contributed by atoms with E-state index in [9.17, 15) is 9.59 Å². The Bertz CT molecular complexity index is 206. The fourth-order valence-corrected chi connectivity index (χ4v) is 1.54. The van der Waals surface area contributed by atoms with Crippen molar-refractivity contribution in [2.45, 2.75) is 47.0 Å². The molecule has 0 spiro atoms. The fourth-order valence-electron chi connectivity index (χ4n) is 1.54. The first-order valence-corrected chi connectivity index (χ1v) is 5.97. The first kappa shape index (κ1) is 14.1. The second kappa shape index (κ2) is 7.43. The Labute approximate surface area is 92.8 Å². The molecule has 3 nitrogen and oxygen atoms in total. The first-order chi connectivity index (χ1) is 7.15. The summed E-state index contributed by atoms with van der Waals surface area (Å²) in [6, 6.07) is 0. The van der Waals surface area contributed by atoms with Crippen LogP contribution in [0, 0.1) is 5.92 Å². The summed E-state index contributed by atoms with van der Waals surface area (Å²) < 4.78 is 0. The molecule has 15 heavy (non-hydrogen) atoms. The molecule has 1 amide bonds. The topological polar surface area (TPSA) is 37.4 Å². The maximum absolute atomic E-state index is 11.4. The summed E-state index contributed by atoms with van der Waals surface area (Å²) in [7, 11) is 0. The lowest BCUT2D eigenvalue weighted by Crippen LogP contribution is -2.41. The van der Waals surface area contributed by atoms with Crippen LogP contribution in [0.25, 0.3) is 0 Å². The number of amides is 1. The molecule has 0 unspecified atom stereocenters. The lowest BCUT2D eigenvalue weighted by molar-refractivity contribution is -0.145. The quantitative estimate of drug-likeness (QED) is 0.660. The van der Waals surface area contributed by atoms with Crippen molar-refractivity contribution in [1.29, 1.82) is 0 Å². The van der Waals surface area contributed by atoms with Crippen LogP contribution >= 0.6 is 0 Å². The number of hydrogen-bond acceptors (Lipinski definition) is 2. The molecule has 1 aliphatic rings. The van der Waals surface area contributed by atoms with E-state index in [4.69, 9.17) is 0 Å². The van der Waals surface area contributed by atoms with Gasteiger partial charge in [-0.25, -0.2) is 0 Å². The van der Waals surface area contributed by atoms with E-state index in [1.807, 2.05) is 13.8 Å². The predicted octanol–water partition coefficient (Wildman–Crippen LogP) is 2.25. The SMILES string of the molecule is CC.CCC(=O)C(=O)N1CCC(C)CC1. The molecule has 0 radical (unpaired) electrons. The van der Waals surface area contributed by atoms with E-state index in [1.54, 1.807) is 11.8 Å². The van der Waals surface area contributed by atoms with Gasteiger partial charge in [0.15, 0.2) is 0 Å². The summed E-state index contributed by atoms with van der Waals surface area (Å²) in [5, 5.41) is 0. The number of likely N-dealkylation sites (tertiary alicyclic amines) is 1. The monoisotopic (exact) mass is 213 g/mol. The Morgan fingerprint density at radius 3 is 2.07 bits per heavy atom. The van der Waals surface area contributed by atoms with E-state index in [0.29, 0.717) is 12.3 Å². The molecule has 0 N–H and O–H groups in total. The van der Waals surface area contributed by atoms with Crippen molar-refractivity contribution in [3.63, 3.8) is 0 Å². The van der Waals surface area contributed by atoms with Gasteiger partial charge in [0.05, 0.1) is 0 Å². The molecule has 1 aliphatic heterocycles. The Morgan fingerprint density at radius 1 is 1.20 bits per heavy atom. The summed E-state index contributed by atoms with van der Waals surface area (Å²) in [5.74, 6) is 0.157. The van der Waals surface area contributed by atoms with Gasteiger partial charge in [-0.05, 0) is 18.8 Å². The fraction of sp³-hybridized carbons (Fsp3) is 0.833. The van der Waals surface area contributed by atoms with E-state index in [0.717, 1.165) is 25.9 Å². The number of carbonyl (C=O) groups excluding carboxylic acids is 2. The molecule has 0 saturated carbocycles. The minimum Gasteiger partial charge on any atom is -0.336 e. The Kier molecular flexibility index (Phi) is 7.01. The van der Waals surface area contributed by atoms with E-state index < -0.39 is 0 Å². The molecule has 0 aromatic carbocycles. The van der Waals surface area contributed by atoms with Gasteiger partial charge in [0.1, 0.15) is 0 Å². The molecular formula is C12H23NO2. The standard InChI is InChI=1S/C10H17NO2.C2H6/c1-3-9(12)10(13)11-6-4-8(2)5-7-11;1-2/h8H,3-7H2,1-2H3;1-2H3. The summed E-state index contributed by atoms with van der Waals surface area (Å²) >= 11 is 0. The number of ketones is 1. The zero-order valence-electron chi connectivity index (χ0n) is 10.4. The van der Waals surface area contributed by atoms with Crippen molar-refractivity contribution < 1.29 is 9.59 Å². The number of hydrogen-bond donors (Lipinski definition) is 0. The van der Waals surface area contributed by atoms with Gasteiger partial charge in [0.2, 0.25) is 5.78 Å². The highest BCUT2D eigenvalue weighted by atomic mass is 16.2. The van der Waals surface area contributed by atoms with Gasteiger partial charge in [0, 0.05) is 19.5 Å². The van der Waals surface area contributed by atoms with E-state index in [2.05, 4.69) is 6.92 Å². The maximum Gasteiger partial charge on any atom is 0.289 e. The molecule has 0 atom stereocenters. The molecule has 1 fully saturated rings. The van der Waals surface area contributed by atoms with Crippen molar-refractivity contribution in [2.24, 2.45) is 5.92 Å². The molecular weight excluding hydrogens is 190 g/mol. The number of rotatable bonds is 2. The minimum absolute atomic E-state index is 0.255. The van der Waals surface area contributed by atoms with Gasteiger partial charge in [-0.3, -0.25) is 9.59 Å². The maximum atomic E-state index is 11.4. The van der Waals surface area contributed by atoms with Crippen LogP contribution < -0.4 is 0 Å². The third-order valence-electron chi connectivity index (χ3n) is 2.63. The van der Waals surface area contributed by atoms with E-state index in [-0.39, 0.29) is 11.7 Å². The van der Waals surface area contributed by atoms with Gasteiger partial charge < -0.3 is 4.90 Å². The zero-order valence-corrected chi connectivity index (χ0v) is 10.4. The third-order valence-corrected chi connectivity index (χ3v) is 2.63. The first-order valence-electron chi connectivity index (χ1n) is 5.97. The number of Topliss-reactive ketones (excluding diaryl/α,β-unsaturated/α-hetero) is 1. The van der Waals surface area contributed by atoms with Crippen LogP contribution in [-0.2, 0) is 9.59 Å². The van der Waals surface area contributed by atoms with Crippen LogP contribution in [0.5, 0.6) is 0 Å². The highest BCUT2D eigenvalue weighted by molar-refractivity contribution is 6.35. The molecule has 3 heteroatoms. The average Bonchev–Trinajstić information content (AvgIpc) is 2.31. The number of nitrogens with zero attached hydrogens (tertiary/aromatic N) is 1. The van der Waals surface area contributed by atoms with Crippen LogP contribution in [0.1, 0.15) is 47.0 Å². The largest absolute Gasteiger partial charge is 0.336 e. The Balaban J connectivity index is 0.000000921. The second-order valence-electron chi connectivity index (χ2n) is 3.75. The second-order valence-corrected chi connectivity index (χ2v) is 3.75. The van der Waals surface area contributed by atoms with Gasteiger partial charge in [-0.2, -0.15) is 0 Å². The predicted molar refractivity (Wildman–Crippen MR) is 61.6 cm³/mol. The normalized spacial score (nSPS) is 16.7. The number of piperidine rings is 1. The van der Waals surface area contributed by atoms with Crippen LogP contribution in [0.4, 0.5) is 0 Å². The van der Waals surface area contributed by atoms with Gasteiger partial charge in [0.25, 0.3) is 5.91 Å². The van der Waals surface area contributed by atoms with Gasteiger partial charge >= 0.3 is 0 Å². The molecule has 1 rings (SSSR count). The lowest BCUT2D eigenvalue weighted by Gasteiger charge is -2.29. The third kappa shape index (κ3) is 4.45. The van der Waals surface area contributed by atoms with Gasteiger partial charge in [-0.1, -0.05) is 27.7 Å². The van der Waals surface area contributed by atoms with Crippen LogP contribution in [0.15, 0.2) is 0 Å². The highest BCUT2D eigenvalue weighted by Gasteiger charge is 2.23. The molecule has 0 aromatic rings. The summed E-state index contributed by atoms with van der Waals surface area (Å²) in [4.78, 5) is 24.2. The molecule has 88 valence electrons. The van der Waals surface area contributed by atoms with Crippen molar-refractivity contribution >= 4 is 11.7 Å². The van der Waals surface area contributed by atoms with Crippen LogP contribution in [0.2, 0.25) is 0 Å². The molecule has 1 saturated heterocycles. The Hall–Kier alpha value is -0.860. The van der Waals surface area contributed by atoms with Crippen molar-refractivity contribution in [1.82, 2.24) is 4.90 Å². The Morgan fingerprint density at radius 2 is 1.67 bits per heavy atom. The van der Waals surface area contributed by atoms with E-state index in [1.165, 1.54) is 0 Å². The molecule has 1 heterocycles. The van der Waals surface area contributed by atoms with E-state index >= 15 is 0 Å². The summed E-state index contributed by atoms with van der Waals surface area (Å²) in [5.41, 5.74) is 0. The highest BCUT2D eigenvalue weighted by Crippen LogP contribution is 2.16. The average molecular weight is 213 g/mol. The molecule has 0 aliphatic carbocycles. The van der Waals surface area contributed by atoms with Crippen molar-refractivity contribution in [3.8, 4) is 0 Å². The zero-order chi connectivity index (χ0) is 11.8. The van der Waals surface area contributed by atoms with Gasteiger partial charge in [-0.15, -0.1) is 0 Å². The van der Waals surface area contributed by atoms with Crippen LogP contribution in [0.3, 0.4) is 0 Å². The molecule has 0 aromatic heterocycles. The van der Waals surface area contributed by atoms with Crippen LogP contribution in [-0.4, -0.2) is 29.7 Å². The van der Waals surface area contributed by atoms with Crippen molar-refractivity contribution in [2.75, 3.05) is 13.1 Å². The lowest BCUT2D eigenvalue weighted by atomic mass is 9.99. The smallest absolute Gasteiger partial charge is 0.289 e. The summed E-state index contributed by atoms with van der Waals surface area (Å²) in [6.45, 7) is 9.42. The number of carbonyl (C=O) groups is 2.